The van der Waals surface area contributed by atoms with Crippen LogP contribution in [0.25, 0.3) is 0 Å². The molecular formula is C18H26N4O. The second-order valence-corrected chi connectivity index (χ2v) is 6.01. The lowest BCUT2D eigenvalue weighted by molar-refractivity contribution is -0.125. The Morgan fingerprint density at radius 2 is 2.00 bits per heavy atom. The first-order chi connectivity index (χ1) is 11.0. The largest absolute Gasteiger partial charge is 0.351 e. The summed E-state index contributed by atoms with van der Waals surface area (Å²) in [5, 5.41) is 7.44. The highest BCUT2D eigenvalue weighted by Crippen LogP contribution is 2.04. The first-order valence-corrected chi connectivity index (χ1v) is 8.00. The Bertz CT molecular complexity index is 636. The van der Waals surface area contributed by atoms with Gasteiger partial charge in [0.15, 0.2) is 0 Å². The lowest BCUT2D eigenvalue weighted by atomic mass is 10.2. The number of likely N-dealkylation sites (N-methyl/N-ethyl adjacent to an activating group) is 1. The summed E-state index contributed by atoms with van der Waals surface area (Å²) >= 11 is 0. The molecule has 1 aromatic heterocycles. The normalized spacial score (nSPS) is 12.4. The number of hydrogen-bond acceptors (Lipinski definition) is 3. The third-order valence-electron chi connectivity index (χ3n) is 4.12. The molecule has 5 heteroatoms. The van der Waals surface area contributed by atoms with Crippen molar-refractivity contribution < 1.29 is 4.79 Å². The number of nitrogens with one attached hydrogen (secondary N) is 1. The summed E-state index contributed by atoms with van der Waals surface area (Å²) in [5.74, 6) is 0.0460. The van der Waals surface area contributed by atoms with Gasteiger partial charge in [0.25, 0.3) is 0 Å². The van der Waals surface area contributed by atoms with E-state index in [0.29, 0.717) is 6.54 Å². The number of aromatic nitrogens is 2. The fourth-order valence-electron chi connectivity index (χ4n) is 2.48. The van der Waals surface area contributed by atoms with Gasteiger partial charge in [0, 0.05) is 18.8 Å². The standard InChI is InChI=1S/C18H26N4O/c1-14-12-15(2)22(20-14)11-10-21(4)16(3)18(23)19-13-17-8-6-5-7-9-17/h5-9,12,16H,10-11,13H2,1-4H3,(H,19,23). The van der Waals surface area contributed by atoms with Crippen molar-refractivity contribution in [3.05, 3.63) is 53.3 Å². The molecule has 2 aromatic rings. The highest BCUT2D eigenvalue weighted by Gasteiger charge is 2.17. The van der Waals surface area contributed by atoms with Crippen molar-refractivity contribution >= 4 is 5.91 Å². The van der Waals surface area contributed by atoms with Gasteiger partial charge < -0.3 is 5.32 Å². The minimum atomic E-state index is -0.171. The second kappa shape index (κ2) is 7.92. The molecule has 124 valence electrons. The molecule has 0 aliphatic heterocycles. The Balaban J connectivity index is 1.80. The Kier molecular flexibility index (Phi) is 5.93. The molecule has 0 aliphatic carbocycles. The molecule has 0 saturated carbocycles. The van der Waals surface area contributed by atoms with Crippen LogP contribution in [-0.2, 0) is 17.9 Å². The quantitative estimate of drug-likeness (QED) is 0.852. The minimum absolute atomic E-state index is 0.0460. The summed E-state index contributed by atoms with van der Waals surface area (Å²) in [6, 6.07) is 11.8. The van der Waals surface area contributed by atoms with Crippen molar-refractivity contribution in [1.82, 2.24) is 20.0 Å². The predicted octanol–water partition coefficient (Wildman–Crippen LogP) is 2.14. The molecule has 1 aromatic carbocycles. The maximum Gasteiger partial charge on any atom is 0.237 e. The van der Waals surface area contributed by atoms with Crippen LogP contribution in [0.3, 0.4) is 0 Å². The van der Waals surface area contributed by atoms with Crippen LogP contribution in [0.5, 0.6) is 0 Å². The molecule has 0 spiro atoms. The Morgan fingerprint density at radius 1 is 1.30 bits per heavy atom. The van der Waals surface area contributed by atoms with Gasteiger partial charge in [-0.2, -0.15) is 5.10 Å². The van der Waals surface area contributed by atoms with Gasteiger partial charge in [0.2, 0.25) is 5.91 Å². The summed E-state index contributed by atoms with van der Waals surface area (Å²) in [6.07, 6.45) is 0. The summed E-state index contributed by atoms with van der Waals surface area (Å²) in [7, 11) is 1.97. The Labute approximate surface area is 138 Å². The number of nitrogens with zero attached hydrogens (tertiary/aromatic N) is 3. The molecular weight excluding hydrogens is 288 g/mol. The van der Waals surface area contributed by atoms with Crippen LogP contribution in [0, 0.1) is 13.8 Å². The van der Waals surface area contributed by atoms with Crippen molar-refractivity contribution in [3.63, 3.8) is 0 Å². The zero-order valence-electron chi connectivity index (χ0n) is 14.4. The minimum Gasteiger partial charge on any atom is -0.351 e. The molecule has 2 rings (SSSR count). The van der Waals surface area contributed by atoms with E-state index in [-0.39, 0.29) is 11.9 Å². The van der Waals surface area contributed by atoms with Crippen molar-refractivity contribution in [2.75, 3.05) is 13.6 Å². The molecule has 0 fully saturated rings. The van der Waals surface area contributed by atoms with E-state index < -0.39 is 0 Å². The highest BCUT2D eigenvalue weighted by atomic mass is 16.2. The summed E-state index contributed by atoms with van der Waals surface area (Å²) < 4.78 is 1.99. The van der Waals surface area contributed by atoms with E-state index in [4.69, 9.17) is 0 Å². The van der Waals surface area contributed by atoms with Crippen LogP contribution in [-0.4, -0.2) is 40.2 Å². The van der Waals surface area contributed by atoms with E-state index in [9.17, 15) is 4.79 Å². The SMILES string of the molecule is Cc1cc(C)n(CCN(C)C(C)C(=O)NCc2ccccc2)n1. The fourth-order valence-corrected chi connectivity index (χ4v) is 2.48. The predicted molar refractivity (Wildman–Crippen MR) is 92.1 cm³/mol. The maximum absolute atomic E-state index is 12.3. The maximum atomic E-state index is 12.3. The van der Waals surface area contributed by atoms with Gasteiger partial charge in [0.05, 0.1) is 18.3 Å². The molecule has 23 heavy (non-hydrogen) atoms. The van der Waals surface area contributed by atoms with Crippen molar-refractivity contribution in [2.24, 2.45) is 0 Å². The van der Waals surface area contributed by atoms with Gasteiger partial charge >= 0.3 is 0 Å². The average molecular weight is 314 g/mol. The van der Waals surface area contributed by atoms with Gasteiger partial charge in [0.1, 0.15) is 0 Å². The topological polar surface area (TPSA) is 50.2 Å². The summed E-state index contributed by atoms with van der Waals surface area (Å²) in [5.41, 5.74) is 3.29. The van der Waals surface area contributed by atoms with E-state index in [1.54, 1.807) is 0 Å². The van der Waals surface area contributed by atoms with E-state index in [1.165, 1.54) is 0 Å². The van der Waals surface area contributed by atoms with Crippen molar-refractivity contribution in [1.29, 1.82) is 0 Å². The zero-order valence-corrected chi connectivity index (χ0v) is 14.4. The van der Waals surface area contributed by atoms with Crippen molar-refractivity contribution in [2.45, 2.75) is 39.9 Å². The third-order valence-corrected chi connectivity index (χ3v) is 4.12. The van der Waals surface area contributed by atoms with E-state index in [1.807, 2.05) is 55.9 Å². The molecule has 5 nitrogen and oxygen atoms in total. The van der Waals surface area contributed by atoms with Gasteiger partial charge in [-0.25, -0.2) is 0 Å². The van der Waals surface area contributed by atoms with Crippen LogP contribution in [0.4, 0.5) is 0 Å². The number of hydrogen-bond donors (Lipinski definition) is 1. The van der Waals surface area contributed by atoms with Gasteiger partial charge in [-0.05, 0) is 39.4 Å². The summed E-state index contributed by atoms with van der Waals surface area (Å²) in [4.78, 5) is 14.3. The third kappa shape index (κ3) is 4.93. The molecule has 1 heterocycles. The van der Waals surface area contributed by atoms with E-state index in [0.717, 1.165) is 30.0 Å². The van der Waals surface area contributed by atoms with Gasteiger partial charge in [-0.15, -0.1) is 0 Å². The Hall–Kier alpha value is -2.14. The fraction of sp³-hybridized carbons (Fsp3) is 0.444. The molecule has 1 N–H and O–H groups in total. The van der Waals surface area contributed by atoms with E-state index in [2.05, 4.69) is 28.3 Å². The van der Waals surface area contributed by atoms with Crippen LogP contribution in [0.1, 0.15) is 23.9 Å². The number of amides is 1. The molecule has 1 unspecified atom stereocenters. The number of carbonyl (C=O) groups excluding carboxylic acids is 1. The second-order valence-electron chi connectivity index (χ2n) is 6.01. The van der Waals surface area contributed by atoms with Crippen LogP contribution >= 0.6 is 0 Å². The lowest BCUT2D eigenvalue weighted by Crippen LogP contribution is -2.44. The number of rotatable bonds is 7. The number of aryl methyl sites for hydroxylation is 2. The summed E-state index contributed by atoms with van der Waals surface area (Å²) in [6.45, 7) is 8.11. The average Bonchev–Trinajstić information content (AvgIpc) is 2.88. The molecule has 1 atom stereocenters. The van der Waals surface area contributed by atoms with Gasteiger partial charge in [-0.3, -0.25) is 14.4 Å². The smallest absolute Gasteiger partial charge is 0.237 e. The van der Waals surface area contributed by atoms with Crippen LogP contribution in [0.15, 0.2) is 36.4 Å². The van der Waals surface area contributed by atoms with Crippen LogP contribution in [0.2, 0.25) is 0 Å². The monoisotopic (exact) mass is 314 g/mol. The lowest BCUT2D eigenvalue weighted by Gasteiger charge is -2.24. The van der Waals surface area contributed by atoms with Crippen molar-refractivity contribution in [3.8, 4) is 0 Å². The first kappa shape index (κ1) is 17.2. The van der Waals surface area contributed by atoms with Gasteiger partial charge in [-0.1, -0.05) is 30.3 Å². The number of carbonyl (C=O) groups is 1. The van der Waals surface area contributed by atoms with Crippen LogP contribution < -0.4 is 5.32 Å². The number of benzene rings is 1. The first-order valence-electron chi connectivity index (χ1n) is 8.00. The molecule has 0 aliphatic rings. The zero-order chi connectivity index (χ0) is 16.8. The molecule has 0 radical (unpaired) electrons. The highest BCUT2D eigenvalue weighted by molar-refractivity contribution is 5.81. The Morgan fingerprint density at radius 3 is 2.61 bits per heavy atom. The molecule has 1 amide bonds. The molecule has 0 saturated heterocycles. The molecule has 0 bridgehead atoms. The van der Waals surface area contributed by atoms with E-state index >= 15 is 0 Å².